The predicted molar refractivity (Wildman–Crippen MR) is 58.9 cm³/mol. The summed E-state index contributed by atoms with van der Waals surface area (Å²) in [5.74, 6) is -0.594. The first-order valence-electron chi connectivity index (χ1n) is 4.05. The van der Waals surface area contributed by atoms with E-state index in [-0.39, 0.29) is 10.8 Å². The van der Waals surface area contributed by atoms with Crippen molar-refractivity contribution in [3.8, 4) is 10.4 Å². The lowest BCUT2D eigenvalue weighted by molar-refractivity contribution is 0.0995. The Morgan fingerprint density at radius 1 is 1.47 bits per heavy atom. The zero-order valence-corrected chi connectivity index (χ0v) is 9.05. The Morgan fingerprint density at radius 2 is 2.27 bits per heavy atom. The summed E-state index contributed by atoms with van der Waals surface area (Å²) in [5, 5.41) is 0.245. The van der Waals surface area contributed by atoms with Crippen LogP contribution in [-0.2, 0) is 0 Å². The summed E-state index contributed by atoms with van der Waals surface area (Å²) in [6, 6.07) is 5.10. The van der Waals surface area contributed by atoms with E-state index in [9.17, 15) is 4.79 Å². The molecule has 0 saturated carbocycles. The van der Waals surface area contributed by atoms with E-state index in [1.54, 1.807) is 18.3 Å². The smallest absolute Gasteiger partial charge is 0.267 e. The molecule has 0 fully saturated rings. The van der Waals surface area contributed by atoms with E-state index in [4.69, 9.17) is 17.3 Å². The van der Waals surface area contributed by atoms with Gasteiger partial charge in [-0.2, -0.15) is 0 Å². The van der Waals surface area contributed by atoms with Gasteiger partial charge in [-0.1, -0.05) is 11.6 Å². The van der Waals surface area contributed by atoms with Gasteiger partial charge in [0.2, 0.25) is 0 Å². The Kier molecular flexibility index (Phi) is 2.66. The molecular formula is C9H6ClN3OS. The van der Waals surface area contributed by atoms with Gasteiger partial charge in [0.05, 0.1) is 4.88 Å². The average Bonchev–Trinajstić information content (AvgIpc) is 2.69. The van der Waals surface area contributed by atoms with Crippen LogP contribution in [0, 0.1) is 0 Å². The van der Waals surface area contributed by atoms with Crippen LogP contribution in [0.1, 0.15) is 10.5 Å². The molecule has 4 nitrogen and oxygen atoms in total. The third-order valence-corrected chi connectivity index (χ3v) is 2.76. The lowest BCUT2D eigenvalue weighted by Gasteiger charge is -2.00. The Hall–Kier alpha value is -1.46. The van der Waals surface area contributed by atoms with Crippen LogP contribution in [0.4, 0.5) is 0 Å². The van der Waals surface area contributed by atoms with Crippen molar-refractivity contribution in [1.29, 1.82) is 0 Å². The van der Waals surface area contributed by atoms with Crippen molar-refractivity contribution in [2.24, 2.45) is 5.73 Å². The van der Waals surface area contributed by atoms with Crippen LogP contribution in [0.3, 0.4) is 0 Å². The number of carbonyl (C=O) groups is 1. The fourth-order valence-corrected chi connectivity index (χ4v) is 1.92. The fraction of sp³-hybridized carbons (Fsp3) is 0. The number of pyridine rings is 1. The van der Waals surface area contributed by atoms with Crippen molar-refractivity contribution >= 4 is 29.0 Å². The van der Waals surface area contributed by atoms with Gasteiger partial charge in [-0.15, -0.1) is 0 Å². The molecule has 0 aliphatic heterocycles. The van der Waals surface area contributed by atoms with Crippen LogP contribution in [0.25, 0.3) is 10.4 Å². The lowest BCUT2D eigenvalue weighted by Crippen LogP contribution is -2.13. The molecule has 15 heavy (non-hydrogen) atoms. The zero-order chi connectivity index (χ0) is 10.8. The summed E-state index contributed by atoms with van der Waals surface area (Å²) in [6.07, 6.45) is 1.68. The third-order valence-electron chi connectivity index (χ3n) is 1.77. The topological polar surface area (TPSA) is 68.9 Å². The summed E-state index contributed by atoms with van der Waals surface area (Å²) in [4.78, 5) is 15.7. The molecule has 0 radical (unpaired) electrons. The minimum atomic E-state index is -0.594. The highest BCUT2D eigenvalue weighted by Gasteiger charge is 2.08. The Bertz CT molecular complexity index is 498. The van der Waals surface area contributed by atoms with E-state index in [0.29, 0.717) is 0 Å². The summed E-state index contributed by atoms with van der Waals surface area (Å²) in [5.41, 5.74) is 6.09. The number of aromatic nitrogens is 2. The standard InChI is InChI=1S/C9H6ClN3OS/c10-8-4-5(7-1-2-12-15-7)3-6(13-8)9(11)14/h1-4H,(H2,11,14). The Morgan fingerprint density at radius 3 is 2.87 bits per heavy atom. The van der Waals surface area contributed by atoms with Gasteiger partial charge in [0.25, 0.3) is 5.91 Å². The number of amides is 1. The summed E-state index contributed by atoms with van der Waals surface area (Å²) in [7, 11) is 0. The summed E-state index contributed by atoms with van der Waals surface area (Å²) >= 11 is 7.09. The lowest BCUT2D eigenvalue weighted by atomic mass is 10.2. The van der Waals surface area contributed by atoms with Gasteiger partial charge in [-0.05, 0) is 35.3 Å². The Labute approximate surface area is 94.9 Å². The number of halogens is 1. The van der Waals surface area contributed by atoms with E-state index in [1.807, 2.05) is 6.07 Å². The number of hydrogen-bond acceptors (Lipinski definition) is 4. The van der Waals surface area contributed by atoms with Gasteiger partial charge >= 0.3 is 0 Å². The first kappa shape index (κ1) is 10.1. The van der Waals surface area contributed by atoms with E-state index < -0.39 is 5.91 Å². The van der Waals surface area contributed by atoms with Crippen molar-refractivity contribution in [1.82, 2.24) is 9.36 Å². The molecule has 2 aromatic rings. The maximum Gasteiger partial charge on any atom is 0.267 e. The van der Waals surface area contributed by atoms with Crippen LogP contribution >= 0.6 is 23.1 Å². The number of nitrogens with zero attached hydrogens (tertiary/aromatic N) is 2. The normalized spacial score (nSPS) is 10.2. The maximum atomic E-state index is 11.0. The van der Waals surface area contributed by atoms with Gasteiger partial charge in [0.1, 0.15) is 10.8 Å². The first-order valence-corrected chi connectivity index (χ1v) is 5.20. The molecular weight excluding hydrogens is 234 g/mol. The van der Waals surface area contributed by atoms with Gasteiger partial charge in [-0.25, -0.2) is 9.36 Å². The molecule has 2 rings (SSSR count). The molecule has 0 aromatic carbocycles. The second kappa shape index (κ2) is 3.96. The molecule has 2 N–H and O–H groups in total. The van der Waals surface area contributed by atoms with E-state index in [0.717, 1.165) is 10.4 Å². The largest absolute Gasteiger partial charge is 0.364 e. The number of rotatable bonds is 2. The highest BCUT2D eigenvalue weighted by Crippen LogP contribution is 2.25. The number of primary amides is 1. The van der Waals surface area contributed by atoms with Gasteiger partial charge < -0.3 is 5.73 Å². The van der Waals surface area contributed by atoms with Gasteiger partial charge in [0, 0.05) is 6.20 Å². The maximum absolute atomic E-state index is 11.0. The highest BCUT2D eigenvalue weighted by atomic mass is 35.5. The van der Waals surface area contributed by atoms with Crippen molar-refractivity contribution in [2.75, 3.05) is 0 Å². The molecule has 0 spiro atoms. The SMILES string of the molecule is NC(=O)c1cc(-c2ccns2)cc(Cl)n1. The number of nitrogens with two attached hydrogens (primary N) is 1. The van der Waals surface area contributed by atoms with Gasteiger partial charge in [0.15, 0.2) is 0 Å². The zero-order valence-electron chi connectivity index (χ0n) is 7.48. The molecule has 0 bridgehead atoms. The van der Waals surface area contributed by atoms with Crippen LogP contribution in [-0.4, -0.2) is 15.3 Å². The molecule has 0 aliphatic carbocycles. The molecule has 1 amide bonds. The second-order valence-corrected chi connectivity index (χ2v) is 4.03. The molecule has 0 aliphatic rings. The van der Waals surface area contributed by atoms with E-state index in [2.05, 4.69) is 9.36 Å². The minimum Gasteiger partial charge on any atom is -0.364 e. The van der Waals surface area contributed by atoms with E-state index >= 15 is 0 Å². The first-order chi connectivity index (χ1) is 7.16. The van der Waals surface area contributed by atoms with Crippen LogP contribution in [0.15, 0.2) is 24.4 Å². The molecule has 6 heteroatoms. The summed E-state index contributed by atoms with van der Waals surface area (Å²) in [6.45, 7) is 0. The Balaban J connectivity index is 2.54. The fourth-order valence-electron chi connectivity index (χ4n) is 1.13. The minimum absolute atomic E-state index is 0.158. The molecule has 0 saturated heterocycles. The van der Waals surface area contributed by atoms with Crippen LogP contribution in [0.2, 0.25) is 5.15 Å². The monoisotopic (exact) mass is 239 g/mol. The van der Waals surface area contributed by atoms with Crippen LogP contribution in [0.5, 0.6) is 0 Å². The molecule has 0 unspecified atom stereocenters. The third kappa shape index (κ3) is 2.14. The van der Waals surface area contributed by atoms with Gasteiger partial charge in [-0.3, -0.25) is 4.79 Å². The molecule has 2 heterocycles. The average molecular weight is 240 g/mol. The predicted octanol–water partition coefficient (Wildman–Crippen LogP) is 1.96. The number of hydrogen-bond donors (Lipinski definition) is 1. The van der Waals surface area contributed by atoms with E-state index in [1.165, 1.54) is 11.5 Å². The summed E-state index contributed by atoms with van der Waals surface area (Å²) < 4.78 is 3.96. The molecule has 76 valence electrons. The molecule has 0 atom stereocenters. The van der Waals surface area contributed by atoms with Crippen molar-refractivity contribution in [2.45, 2.75) is 0 Å². The van der Waals surface area contributed by atoms with Crippen LogP contribution < -0.4 is 5.73 Å². The van der Waals surface area contributed by atoms with Crippen molar-refractivity contribution < 1.29 is 4.79 Å². The number of carbonyl (C=O) groups excluding carboxylic acids is 1. The van der Waals surface area contributed by atoms with Crippen molar-refractivity contribution in [3.05, 3.63) is 35.2 Å². The second-order valence-electron chi connectivity index (χ2n) is 2.80. The molecule has 2 aromatic heterocycles. The highest BCUT2D eigenvalue weighted by molar-refractivity contribution is 7.09. The quantitative estimate of drug-likeness (QED) is 0.815. The van der Waals surface area contributed by atoms with Crippen molar-refractivity contribution in [3.63, 3.8) is 0 Å².